The number of rotatable bonds is 1. The molecule has 2 heterocycles. The molecule has 3 aromatic rings. The van der Waals surface area contributed by atoms with Gasteiger partial charge in [-0.1, -0.05) is 41.9 Å². The fourth-order valence-corrected chi connectivity index (χ4v) is 3.03. The first kappa shape index (κ1) is 13.3. The van der Waals surface area contributed by atoms with E-state index in [-0.39, 0.29) is 0 Å². The summed E-state index contributed by atoms with van der Waals surface area (Å²) >= 11 is 6.24. The van der Waals surface area contributed by atoms with Crippen LogP contribution in [0.15, 0.2) is 59.7 Å². The summed E-state index contributed by atoms with van der Waals surface area (Å²) in [7, 11) is 0. The minimum atomic E-state index is 0.560. The van der Waals surface area contributed by atoms with Crippen LogP contribution in [0, 0.1) is 6.92 Å². The Bertz CT molecular complexity index is 879. The second-order valence-electron chi connectivity index (χ2n) is 5.36. The van der Waals surface area contributed by atoms with Crippen molar-refractivity contribution in [1.29, 1.82) is 0 Å². The summed E-state index contributed by atoms with van der Waals surface area (Å²) in [4.78, 5) is 9.39. The van der Waals surface area contributed by atoms with Crippen molar-refractivity contribution in [3.8, 4) is 5.69 Å². The van der Waals surface area contributed by atoms with Gasteiger partial charge in [0.05, 0.1) is 23.6 Å². The lowest BCUT2D eigenvalue weighted by Crippen LogP contribution is -2.06. The molecule has 108 valence electrons. The SMILES string of the molecule is Cc1cn2c(n1)CN=C(c1ccccc1)c1cc(Cl)ccc1-2. The topological polar surface area (TPSA) is 30.2 Å². The molecule has 0 bridgehead atoms. The molecule has 0 aliphatic carbocycles. The average Bonchev–Trinajstić information content (AvgIpc) is 2.83. The minimum Gasteiger partial charge on any atom is -0.301 e. The van der Waals surface area contributed by atoms with Gasteiger partial charge >= 0.3 is 0 Å². The molecule has 3 nitrogen and oxygen atoms in total. The first-order valence-corrected chi connectivity index (χ1v) is 7.55. The molecule has 0 fully saturated rings. The van der Waals surface area contributed by atoms with Crippen LogP contribution in [0.3, 0.4) is 0 Å². The monoisotopic (exact) mass is 307 g/mol. The Morgan fingerprint density at radius 3 is 2.73 bits per heavy atom. The molecule has 1 aromatic heterocycles. The summed E-state index contributed by atoms with van der Waals surface area (Å²) < 4.78 is 2.11. The van der Waals surface area contributed by atoms with Crippen LogP contribution in [0.5, 0.6) is 0 Å². The zero-order chi connectivity index (χ0) is 15.1. The van der Waals surface area contributed by atoms with E-state index in [9.17, 15) is 0 Å². The number of aryl methyl sites for hydroxylation is 1. The van der Waals surface area contributed by atoms with E-state index in [1.54, 1.807) is 0 Å². The Morgan fingerprint density at radius 2 is 1.91 bits per heavy atom. The smallest absolute Gasteiger partial charge is 0.135 e. The van der Waals surface area contributed by atoms with E-state index in [1.807, 2.05) is 49.5 Å². The molecular formula is C18H14ClN3. The van der Waals surface area contributed by atoms with E-state index >= 15 is 0 Å². The molecule has 2 aromatic carbocycles. The number of aromatic nitrogens is 2. The third-order valence-corrected chi connectivity index (χ3v) is 4.03. The predicted octanol–water partition coefficient (Wildman–Crippen LogP) is 4.19. The van der Waals surface area contributed by atoms with E-state index in [1.165, 1.54) is 0 Å². The molecule has 0 spiro atoms. The van der Waals surface area contributed by atoms with Crippen LogP contribution in [0.4, 0.5) is 0 Å². The second kappa shape index (κ2) is 5.11. The largest absolute Gasteiger partial charge is 0.301 e. The van der Waals surface area contributed by atoms with Crippen molar-refractivity contribution in [2.45, 2.75) is 13.5 Å². The Kier molecular flexibility index (Phi) is 3.09. The standard InChI is InChI=1S/C18H14ClN3/c1-12-11-22-16-8-7-14(19)9-15(16)18(20-10-17(22)21-12)13-5-3-2-4-6-13/h2-9,11H,10H2,1H3. The molecule has 22 heavy (non-hydrogen) atoms. The molecule has 1 aliphatic rings. The third-order valence-electron chi connectivity index (χ3n) is 3.80. The van der Waals surface area contributed by atoms with Crippen molar-refractivity contribution < 1.29 is 0 Å². The van der Waals surface area contributed by atoms with E-state index in [2.05, 4.69) is 21.7 Å². The fraction of sp³-hybridized carbons (Fsp3) is 0.111. The minimum absolute atomic E-state index is 0.560. The van der Waals surface area contributed by atoms with Crippen molar-refractivity contribution in [2.75, 3.05) is 0 Å². The Hall–Kier alpha value is -2.39. The fourth-order valence-electron chi connectivity index (χ4n) is 2.85. The molecule has 4 heteroatoms. The van der Waals surface area contributed by atoms with Gasteiger partial charge in [-0.05, 0) is 25.1 Å². The molecule has 1 aliphatic heterocycles. The van der Waals surface area contributed by atoms with Gasteiger partial charge in [0.15, 0.2) is 0 Å². The number of halogens is 1. The van der Waals surface area contributed by atoms with Crippen LogP contribution >= 0.6 is 11.6 Å². The molecule has 0 radical (unpaired) electrons. The maximum atomic E-state index is 6.24. The summed E-state index contributed by atoms with van der Waals surface area (Å²) in [5, 5.41) is 0.711. The second-order valence-corrected chi connectivity index (χ2v) is 5.80. The van der Waals surface area contributed by atoms with Crippen molar-refractivity contribution in [3.05, 3.63) is 82.4 Å². The Morgan fingerprint density at radius 1 is 1.09 bits per heavy atom. The van der Waals surface area contributed by atoms with Crippen LogP contribution in [0.25, 0.3) is 5.69 Å². The molecule has 0 saturated carbocycles. The number of imidazole rings is 1. The van der Waals surface area contributed by atoms with Crippen LogP contribution in [-0.4, -0.2) is 15.3 Å². The lowest BCUT2D eigenvalue weighted by atomic mass is 10.0. The summed E-state index contributed by atoms with van der Waals surface area (Å²) in [6.45, 7) is 2.56. The average molecular weight is 308 g/mol. The lowest BCUT2D eigenvalue weighted by Gasteiger charge is -2.12. The highest BCUT2D eigenvalue weighted by Crippen LogP contribution is 2.27. The van der Waals surface area contributed by atoms with Crippen molar-refractivity contribution in [1.82, 2.24) is 9.55 Å². The lowest BCUT2D eigenvalue weighted by molar-refractivity contribution is 0.878. The maximum Gasteiger partial charge on any atom is 0.135 e. The number of fused-ring (bicyclic) bond motifs is 3. The highest BCUT2D eigenvalue weighted by molar-refractivity contribution is 6.31. The van der Waals surface area contributed by atoms with Crippen molar-refractivity contribution in [2.24, 2.45) is 4.99 Å². The van der Waals surface area contributed by atoms with Gasteiger partial charge in [0, 0.05) is 22.3 Å². The van der Waals surface area contributed by atoms with E-state index in [0.717, 1.165) is 34.0 Å². The molecule has 0 saturated heterocycles. The number of nitrogens with zero attached hydrogens (tertiary/aromatic N) is 3. The van der Waals surface area contributed by atoms with Gasteiger partial charge in [0.2, 0.25) is 0 Å². The summed E-state index contributed by atoms with van der Waals surface area (Å²) in [6.07, 6.45) is 2.05. The molecular weight excluding hydrogens is 294 g/mol. The summed E-state index contributed by atoms with van der Waals surface area (Å²) in [6, 6.07) is 16.1. The van der Waals surface area contributed by atoms with E-state index < -0.39 is 0 Å². The Labute approximate surface area is 133 Å². The van der Waals surface area contributed by atoms with Gasteiger partial charge in [0.1, 0.15) is 5.82 Å². The zero-order valence-corrected chi connectivity index (χ0v) is 12.9. The Balaban J connectivity index is 1.99. The van der Waals surface area contributed by atoms with E-state index in [0.29, 0.717) is 11.6 Å². The first-order chi connectivity index (χ1) is 10.7. The molecule has 0 amide bonds. The number of hydrogen-bond acceptors (Lipinski definition) is 2. The van der Waals surface area contributed by atoms with Gasteiger partial charge in [-0.15, -0.1) is 0 Å². The molecule has 0 N–H and O–H groups in total. The van der Waals surface area contributed by atoms with Gasteiger partial charge in [-0.25, -0.2) is 4.98 Å². The van der Waals surface area contributed by atoms with Crippen LogP contribution in [0.1, 0.15) is 22.6 Å². The zero-order valence-electron chi connectivity index (χ0n) is 12.1. The molecule has 4 rings (SSSR count). The van der Waals surface area contributed by atoms with Gasteiger partial charge < -0.3 is 4.57 Å². The maximum absolute atomic E-state index is 6.24. The van der Waals surface area contributed by atoms with Gasteiger partial charge in [0.25, 0.3) is 0 Å². The summed E-state index contributed by atoms with van der Waals surface area (Å²) in [5.74, 6) is 0.951. The van der Waals surface area contributed by atoms with Gasteiger partial charge in [-0.2, -0.15) is 0 Å². The van der Waals surface area contributed by atoms with Crippen molar-refractivity contribution in [3.63, 3.8) is 0 Å². The highest BCUT2D eigenvalue weighted by atomic mass is 35.5. The van der Waals surface area contributed by atoms with Crippen LogP contribution < -0.4 is 0 Å². The first-order valence-electron chi connectivity index (χ1n) is 7.17. The molecule has 0 unspecified atom stereocenters. The summed E-state index contributed by atoms with van der Waals surface area (Å²) in [5.41, 5.74) is 5.15. The predicted molar refractivity (Wildman–Crippen MR) is 89.1 cm³/mol. The number of hydrogen-bond donors (Lipinski definition) is 0. The third kappa shape index (κ3) is 2.14. The highest BCUT2D eigenvalue weighted by Gasteiger charge is 2.19. The number of aliphatic imine (C=N–C) groups is 1. The molecule has 0 atom stereocenters. The van der Waals surface area contributed by atoms with E-state index in [4.69, 9.17) is 16.6 Å². The number of benzene rings is 2. The van der Waals surface area contributed by atoms with Gasteiger partial charge in [-0.3, -0.25) is 4.99 Å². The van der Waals surface area contributed by atoms with Crippen molar-refractivity contribution >= 4 is 17.3 Å². The normalized spacial score (nSPS) is 13.1. The van der Waals surface area contributed by atoms with Crippen LogP contribution in [0.2, 0.25) is 5.02 Å². The van der Waals surface area contributed by atoms with Crippen LogP contribution in [-0.2, 0) is 6.54 Å². The quantitative estimate of drug-likeness (QED) is 0.663.